The molecule has 24 heavy (non-hydrogen) atoms. The van der Waals surface area contributed by atoms with Gasteiger partial charge < -0.3 is 5.11 Å². The third-order valence-electron chi connectivity index (χ3n) is 3.03. The number of phenolic OH excluding ortho intramolecular Hbond substituents is 1. The summed E-state index contributed by atoms with van der Waals surface area (Å²) in [7, 11) is -4.00. The standard InChI is InChI=1S/C14H10Cl5NO3S/c15-9-2-4-10(5-3-9)24(22,23)20-13(14(17,18)19)8-1-6-12(21)11(16)7-8/h1-7,13,20-21H. The molecule has 2 aromatic carbocycles. The average Bonchev–Trinajstić information content (AvgIpc) is 2.47. The van der Waals surface area contributed by atoms with Crippen LogP contribution < -0.4 is 4.72 Å². The van der Waals surface area contributed by atoms with E-state index in [2.05, 4.69) is 4.72 Å². The molecule has 4 nitrogen and oxygen atoms in total. The fourth-order valence-electron chi connectivity index (χ4n) is 1.86. The van der Waals surface area contributed by atoms with Crippen LogP contribution in [0.1, 0.15) is 11.6 Å². The zero-order chi connectivity index (χ0) is 18.1. The van der Waals surface area contributed by atoms with E-state index < -0.39 is 19.9 Å². The predicted octanol–water partition coefficient (Wildman–Crippen LogP) is 5.09. The van der Waals surface area contributed by atoms with Crippen molar-refractivity contribution in [1.82, 2.24) is 4.72 Å². The van der Waals surface area contributed by atoms with Gasteiger partial charge in [0.05, 0.1) is 16.0 Å². The number of alkyl halides is 3. The first-order valence-corrected chi connectivity index (χ1v) is 9.71. The summed E-state index contributed by atoms with van der Waals surface area (Å²) < 4.78 is 25.4. The van der Waals surface area contributed by atoms with Crippen molar-refractivity contribution < 1.29 is 13.5 Å². The average molecular weight is 450 g/mol. The number of sulfonamides is 1. The molecule has 0 heterocycles. The van der Waals surface area contributed by atoms with Crippen molar-refractivity contribution in [3.05, 3.63) is 58.1 Å². The summed E-state index contributed by atoms with van der Waals surface area (Å²) in [5, 5.41) is 9.87. The zero-order valence-electron chi connectivity index (χ0n) is 11.7. The van der Waals surface area contributed by atoms with Crippen LogP contribution in [-0.4, -0.2) is 17.3 Å². The summed E-state index contributed by atoms with van der Waals surface area (Å²) in [5.41, 5.74) is 0.273. The van der Waals surface area contributed by atoms with Gasteiger partial charge in [-0.1, -0.05) is 64.1 Å². The van der Waals surface area contributed by atoms with E-state index in [1.807, 2.05) is 0 Å². The maximum absolute atomic E-state index is 12.5. The van der Waals surface area contributed by atoms with Crippen molar-refractivity contribution in [2.45, 2.75) is 14.7 Å². The molecular weight excluding hydrogens is 439 g/mol. The number of phenols is 1. The normalized spacial score (nSPS) is 13.7. The molecule has 0 aliphatic carbocycles. The van der Waals surface area contributed by atoms with E-state index in [9.17, 15) is 13.5 Å². The molecule has 0 saturated carbocycles. The fraction of sp³-hybridized carbons (Fsp3) is 0.143. The molecule has 130 valence electrons. The van der Waals surface area contributed by atoms with Crippen LogP contribution in [0.5, 0.6) is 5.75 Å². The Morgan fingerprint density at radius 3 is 2.08 bits per heavy atom. The van der Waals surface area contributed by atoms with Gasteiger partial charge in [-0.25, -0.2) is 8.42 Å². The number of rotatable bonds is 4. The van der Waals surface area contributed by atoms with Gasteiger partial charge >= 0.3 is 0 Å². The lowest BCUT2D eigenvalue weighted by atomic mass is 10.1. The van der Waals surface area contributed by atoms with Gasteiger partial charge in [0.15, 0.2) is 0 Å². The van der Waals surface area contributed by atoms with Crippen LogP contribution >= 0.6 is 58.0 Å². The lowest BCUT2D eigenvalue weighted by molar-refractivity contribution is 0.475. The number of benzene rings is 2. The molecule has 2 N–H and O–H groups in total. The van der Waals surface area contributed by atoms with E-state index in [0.29, 0.717) is 5.02 Å². The van der Waals surface area contributed by atoms with Crippen LogP contribution in [0.15, 0.2) is 47.4 Å². The highest BCUT2D eigenvalue weighted by Gasteiger charge is 2.37. The summed E-state index contributed by atoms with van der Waals surface area (Å²) in [6.45, 7) is 0. The van der Waals surface area contributed by atoms with Gasteiger partial charge in [-0.2, -0.15) is 4.72 Å². The predicted molar refractivity (Wildman–Crippen MR) is 97.9 cm³/mol. The molecular formula is C14H10Cl5NO3S. The molecule has 0 aromatic heterocycles. The molecule has 0 bridgehead atoms. The molecule has 2 rings (SSSR count). The van der Waals surface area contributed by atoms with Gasteiger partial charge in [0.2, 0.25) is 13.8 Å². The summed E-state index contributed by atoms with van der Waals surface area (Å²) in [4.78, 5) is -0.0453. The first kappa shape index (κ1) is 19.9. The Hall–Kier alpha value is -0.400. The molecule has 0 fully saturated rings. The smallest absolute Gasteiger partial charge is 0.241 e. The van der Waals surface area contributed by atoms with E-state index in [0.717, 1.165) is 0 Å². The Bertz CT molecular complexity index is 834. The van der Waals surface area contributed by atoms with Crippen LogP contribution in [-0.2, 0) is 10.0 Å². The van der Waals surface area contributed by atoms with E-state index in [1.165, 1.54) is 42.5 Å². The fourth-order valence-corrected chi connectivity index (χ4v) is 4.17. The number of hydrogen-bond acceptors (Lipinski definition) is 3. The van der Waals surface area contributed by atoms with Gasteiger partial charge in [0.25, 0.3) is 0 Å². The van der Waals surface area contributed by atoms with Crippen molar-refractivity contribution in [2.24, 2.45) is 0 Å². The topological polar surface area (TPSA) is 66.4 Å². The molecule has 0 radical (unpaired) electrons. The highest BCUT2D eigenvalue weighted by Crippen LogP contribution is 2.42. The lowest BCUT2D eigenvalue weighted by Gasteiger charge is -2.26. The Morgan fingerprint density at radius 2 is 1.58 bits per heavy atom. The number of halogens is 5. The molecule has 0 aliphatic rings. The number of hydrogen-bond donors (Lipinski definition) is 2. The summed E-state index contributed by atoms with van der Waals surface area (Å²) in [6, 6.07) is 8.26. The van der Waals surface area contributed by atoms with Gasteiger partial charge in [-0.3, -0.25) is 0 Å². The summed E-state index contributed by atoms with van der Waals surface area (Å²) in [5.74, 6) is -0.177. The SMILES string of the molecule is O=S(=O)(NC(c1ccc(O)c(Cl)c1)C(Cl)(Cl)Cl)c1ccc(Cl)cc1. The van der Waals surface area contributed by atoms with Gasteiger partial charge in [0.1, 0.15) is 5.75 Å². The minimum absolute atomic E-state index is 0.00237. The van der Waals surface area contributed by atoms with Gasteiger partial charge in [0, 0.05) is 5.02 Å². The number of aromatic hydroxyl groups is 1. The first-order valence-electron chi connectivity index (χ1n) is 6.34. The zero-order valence-corrected chi connectivity index (χ0v) is 16.3. The molecule has 0 aliphatic heterocycles. The molecule has 0 amide bonds. The van der Waals surface area contributed by atoms with Crippen LogP contribution in [0.4, 0.5) is 0 Å². The first-order chi connectivity index (χ1) is 11.0. The van der Waals surface area contributed by atoms with Crippen LogP contribution in [0.2, 0.25) is 10.0 Å². The quantitative estimate of drug-likeness (QED) is 0.639. The second-order valence-corrected chi connectivity index (χ2v) is 9.69. The van der Waals surface area contributed by atoms with E-state index >= 15 is 0 Å². The van der Waals surface area contributed by atoms with Crippen LogP contribution in [0.25, 0.3) is 0 Å². The van der Waals surface area contributed by atoms with Crippen molar-refractivity contribution in [3.63, 3.8) is 0 Å². The van der Waals surface area contributed by atoms with E-state index in [1.54, 1.807) is 0 Å². The van der Waals surface area contributed by atoms with E-state index in [-0.39, 0.29) is 21.2 Å². The third kappa shape index (κ3) is 4.82. The summed E-state index contributed by atoms with van der Waals surface area (Å²) >= 11 is 29.4. The van der Waals surface area contributed by atoms with Gasteiger partial charge in [-0.05, 0) is 42.0 Å². The van der Waals surface area contributed by atoms with Crippen LogP contribution in [0, 0.1) is 0 Å². The second kappa shape index (κ2) is 7.46. The highest BCUT2D eigenvalue weighted by molar-refractivity contribution is 7.89. The Morgan fingerprint density at radius 1 is 1.00 bits per heavy atom. The number of nitrogens with one attached hydrogen (secondary N) is 1. The van der Waals surface area contributed by atoms with Crippen molar-refractivity contribution in [2.75, 3.05) is 0 Å². The highest BCUT2D eigenvalue weighted by atomic mass is 35.6. The molecule has 0 spiro atoms. The molecule has 10 heteroatoms. The largest absolute Gasteiger partial charge is 0.506 e. The van der Waals surface area contributed by atoms with Gasteiger partial charge in [-0.15, -0.1) is 0 Å². The third-order valence-corrected chi connectivity index (χ3v) is 5.68. The van der Waals surface area contributed by atoms with Crippen LogP contribution in [0.3, 0.4) is 0 Å². The Labute approximate surface area is 164 Å². The summed E-state index contributed by atoms with van der Waals surface area (Å²) in [6.07, 6.45) is 0. The molecule has 2 aromatic rings. The molecule has 1 atom stereocenters. The minimum atomic E-state index is -4.00. The Balaban J connectivity index is 2.42. The molecule has 1 unspecified atom stereocenters. The minimum Gasteiger partial charge on any atom is -0.506 e. The van der Waals surface area contributed by atoms with E-state index in [4.69, 9.17) is 58.0 Å². The Kier molecular flexibility index (Phi) is 6.19. The molecule has 0 saturated heterocycles. The maximum atomic E-state index is 12.5. The van der Waals surface area contributed by atoms with Crippen molar-refractivity contribution in [1.29, 1.82) is 0 Å². The van der Waals surface area contributed by atoms with Crippen molar-refractivity contribution >= 4 is 68.0 Å². The monoisotopic (exact) mass is 447 g/mol. The lowest BCUT2D eigenvalue weighted by Crippen LogP contribution is -2.36. The second-order valence-electron chi connectivity index (χ2n) is 4.76. The maximum Gasteiger partial charge on any atom is 0.241 e. The van der Waals surface area contributed by atoms with Crippen molar-refractivity contribution in [3.8, 4) is 5.75 Å².